The first-order valence-corrected chi connectivity index (χ1v) is 11.4. The molecule has 0 atom stereocenters. The minimum Gasteiger partial charge on any atom is -0.494 e. The Morgan fingerprint density at radius 2 is 1.59 bits per heavy atom. The van der Waals surface area contributed by atoms with Gasteiger partial charge in [-0.1, -0.05) is 23.5 Å². The van der Waals surface area contributed by atoms with Gasteiger partial charge in [0.15, 0.2) is 11.7 Å². The molecule has 8 heteroatoms. The van der Waals surface area contributed by atoms with Crippen LogP contribution in [-0.2, 0) is 4.79 Å². The summed E-state index contributed by atoms with van der Waals surface area (Å²) in [6.45, 7) is 8.15. The fraction of sp³-hybridized carbons (Fsp3) is 0.417. The van der Waals surface area contributed by atoms with Crippen LogP contribution in [0.1, 0.15) is 24.5 Å². The summed E-state index contributed by atoms with van der Waals surface area (Å²) >= 11 is 1.57. The molecular formula is C24H32ClN3O3S. The number of ether oxygens (including phenoxy) is 2. The van der Waals surface area contributed by atoms with Gasteiger partial charge in [-0.15, -0.1) is 12.4 Å². The van der Waals surface area contributed by atoms with Gasteiger partial charge in [0, 0.05) is 6.54 Å². The molecule has 1 aromatic heterocycles. The molecule has 0 saturated heterocycles. The molecule has 1 heterocycles. The molecule has 0 aliphatic rings. The fourth-order valence-corrected chi connectivity index (χ4v) is 4.41. The monoisotopic (exact) mass is 477 g/mol. The number of benzene rings is 2. The summed E-state index contributed by atoms with van der Waals surface area (Å²) in [7, 11) is 4.07. The zero-order chi connectivity index (χ0) is 22.4. The highest BCUT2D eigenvalue weighted by atomic mass is 35.5. The van der Waals surface area contributed by atoms with Crippen LogP contribution >= 0.6 is 23.7 Å². The van der Waals surface area contributed by atoms with Crippen LogP contribution in [0.5, 0.6) is 11.5 Å². The molecule has 0 spiro atoms. The summed E-state index contributed by atoms with van der Waals surface area (Å²) in [6, 6.07) is 11.5. The number of fused-ring (bicyclic) bond motifs is 1. The van der Waals surface area contributed by atoms with E-state index in [9.17, 15) is 4.79 Å². The molecule has 0 radical (unpaired) electrons. The van der Waals surface area contributed by atoms with Gasteiger partial charge >= 0.3 is 0 Å². The van der Waals surface area contributed by atoms with Crippen molar-refractivity contribution in [1.29, 1.82) is 0 Å². The van der Waals surface area contributed by atoms with Gasteiger partial charge in [0.25, 0.3) is 5.91 Å². The van der Waals surface area contributed by atoms with Crippen molar-refractivity contribution in [2.45, 2.75) is 27.2 Å². The summed E-state index contributed by atoms with van der Waals surface area (Å²) in [5, 5.41) is 0.728. The second-order valence-corrected chi connectivity index (χ2v) is 8.75. The summed E-state index contributed by atoms with van der Waals surface area (Å²) in [5.74, 6) is 1.33. The van der Waals surface area contributed by atoms with Gasteiger partial charge in [-0.3, -0.25) is 9.69 Å². The van der Waals surface area contributed by atoms with E-state index < -0.39 is 0 Å². The highest BCUT2D eigenvalue weighted by Gasteiger charge is 2.21. The van der Waals surface area contributed by atoms with Crippen LogP contribution < -0.4 is 14.4 Å². The van der Waals surface area contributed by atoms with Crippen molar-refractivity contribution in [3.63, 3.8) is 0 Å². The van der Waals surface area contributed by atoms with E-state index in [2.05, 4.69) is 30.9 Å². The molecule has 0 unspecified atom stereocenters. The first kappa shape index (κ1) is 25.9. The Hall–Kier alpha value is -2.35. The maximum atomic E-state index is 13.1. The lowest BCUT2D eigenvalue weighted by molar-refractivity contribution is -0.120. The zero-order valence-electron chi connectivity index (χ0n) is 19.4. The van der Waals surface area contributed by atoms with Crippen LogP contribution in [0, 0.1) is 13.8 Å². The Morgan fingerprint density at radius 3 is 2.19 bits per heavy atom. The van der Waals surface area contributed by atoms with Crippen molar-refractivity contribution < 1.29 is 14.3 Å². The molecule has 0 aliphatic heterocycles. The molecule has 174 valence electrons. The Labute approximate surface area is 200 Å². The van der Waals surface area contributed by atoms with Gasteiger partial charge in [0.1, 0.15) is 11.5 Å². The predicted octanol–water partition coefficient (Wildman–Crippen LogP) is 5.10. The lowest BCUT2D eigenvalue weighted by Gasteiger charge is -2.21. The van der Waals surface area contributed by atoms with E-state index >= 15 is 0 Å². The molecule has 0 bridgehead atoms. The molecule has 1 amide bonds. The van der Waals surface area contributed by atoms with Gasteiger partial charge in [-0.25, -0.2) is 4.98 Å². The summed E-state index contributed by atoms with van der Waals surface area (Å²) < 4.78 is 12.4. The number of hydrogen-bond donors (Lipinski definition) is 0. The van der Waals surface area contributed by atoms with Gasteiger partial charge in [-0.2, -0.15) is 0 Å². The van der Waals surface area contributed by atoms with Crippen molar-refractivity contribution in [2.24, 2.45) is 0 Å². The third-order valence-electron chi connectivity index (χ3n) is 4.95. The van der Waals surface area contributed by atoms with Crippen LogP contribution in [0.25, 0.3) is 10.2 Å². The summed E-state index contributed by atoms with van der Waals surface area (Å²) in [4.78, 5) is 21.8. The number of halogens is 1. The molecule has 3 rings (SSSR count). The van der Waals surface area contributed by atoms with Crippen molar-refractivity contribution >= 4 is 45.0 Å². The average Bonchev–Trinajstić information content (AvgIpc) is 3.20. The summed E-state index contributed by atoms with van der Waals surface area (Å²) in [5.41, 5.74) is 3.27. The average molecular weight is 478 g/mol. The minimum absolute atomic E-state index is 0. The van der Waals surface area contributed by atoms with Crippen molar-refractivity contribution in [1.82, 2.24) is 9.88 Å². The van der Waals surface area contributed by atoms with Gasteiger partial charge in [-0.05, 0) is 83.2 Å². The van der Waals surface area contributed by atoms with E-state index in [4.69, 9.17) is 14.5 Å². The topological polar surface area (TPSA) is 54.9 Å². The number of hydrogen-bond acceptors (Lipinski definition) is 6. The third kappa shape index (κ3) is 6.58. The Morgan fingerprint density at radius 1 is 0.969 bits per heavy atom. The second-order valence-electron chi connectivity index (χ2n) is 7.77. The number of aryl methyl sites for hydroxylation is 2. The van der Waals surface area contributed by atoms with E-state index in [0.29, 0.717) is 18.9 Å². The SMILES string of the molecule is CCOc1ccc(OCC(=O)N(CCCN(C)C)c2nc3c(C)ccc(C)c3s2)cc1.Cl. The number of carbonyl (C=O) groups is 1. The number of anilines is 1. The predicted molar refractivity (Wildman–Crippen MR) is 135 cm³/mol. The maximum Gasteiger partial charge on any atom is 0.266 e. The van der Waals surface area contributed by atoms with E-state index in [-0.39, 0.29) is 24.9 Å². The number of rotatable bonds is 10. The van der Waals surface area contributed by atoms with Gasteiger partial charge in [0.05, 0.1) is 16.8 Å². The number of aromatic nitrogens is 1. The van der Waals surface area contributed by atoms with Crippen LogP contribution in [-0.4, -0.2) is 56.2 Å². The van der Waals surface area contributed by atoms with Crippen LogP contribution in [0.2, 0.25) is 0 Å². The number of amides is 1. The van der Waals surface area contributed by atoms with Gasteiger partial charge < -0.3 is 14.4 Å². The van der Waals surface area contributed by atoms with Crippen LogP contribution in [0.3, 0.4) is 0 Å². The zero-order valence-corrected chi connectivity index (χ0v) is 21.0. The first-order valence-electron chi connectivity index (χ1n) is 10.6. The van der Waals surface area contributed by atoms with Gasteiger partial charge in [0.2, 0.25) is 0 Å². The van der Waals surface area contributed by atoms with E-state index in [1.807, 2.05) is 45.3 Å². The van der Waals surface area contributed by atoms with E-state index in [1.165, 1.54) is 5.56 Å². The number of carbonyl (C=O) groups excluding carboxylic acids is 1. The normalized spacial score (nSPS) is 10.8. The number of nitrogens with zero attached hydrogens (tertiary/aromatic N) is 3. The minimum atomic E-state index is -0.0954. The standard InChI is InChI=1S/C24H31N3O3S.ClH/c1-6-29-19-10-12-20(13-11-19)30-16-21(28)27(15-7-14-26(4)5)24-25-22-17(2)8-9-18(3)23(22)31-24;/h8-13H,6-7,14-16H2,1-5H3;1H. The second kappa shape index (κ2) is 12.0. The highest BCUT2D eigenvalue weighted by molar-refractivity contribution is 7.22. The van der Waals surface area contributed by atoms with Crippen LogP contribution in [0.15, 0.2) is 36.4 Å². The first-order chi connectivity index (χ1) is 14.9. The molecule has 2 aromatic carbocycles. The highest BCUT2D eigenvalue weighted by Crippen LogP contribution is 2.33. The third-order valence-corrected chi connectivity index (χ3v) is 6.16. The fourth-order valence-electron chi connectivity index (χ4n) is 3.26. The largest absolute Gasteiger partial charge is 0.494 e. The lowest BCUT2D eigenvalue weighted by Crippen LogP contribution is -2.36. The van der Waals surface area contributed by atoms with Crippen molar-refractivity contribution in [2.75, 3.05) is 45.3 Å². The quantitative estimate of drug-likeness (QED) is 0.406. The Bertz CT molecular complexity index is 982. The Balaban J connectivity index is 0.00000363. The smallest absolute Gasteiger partial charge is 0.266 e. The molecule has 0 saturated carbocycles. The molecule has 32 heavy (non-hydrogen) atoms. The number of thiazole rings is 1. The van der Waals surface area contributed by atoms with E-state index in [0.717, 1.165) is 39.6 Å². The van der Waals surface area contributed by atoms with Crippen molar-refractivity contribution in [3.8, 4) is 11.5 Å². The molecule has 0 N–H and O–H groups in total. The molecule has 3 aromatic rings. The molecular weight excluding hydrogens is 446 g/mol. The summed E-state index contributed by atoms with van der Waals surface area (Å²) in [6.07, 6.45) is 0.857. The Kier molecular flexibility index (Phi) is 9.75. The molecule has 0 fully saturated rings. The lowest BCUT2D eigenvalue weighted by atomic mass is 10.1. The van der Waals surface area contributed by atoms with E-state index in [1.54, 1.807) is 16.2 Å². The van der Waals surface area contributed by atoms with Crippen LogP contribution in [0.4, 0.5) is 5.13 Å². The van der Waals surface area contributed by atoms with Crippen molar-refractivity contribution in [3.05, 3.63) is 47.5 Å². The maximum absolute atomic E-state index is 13.1. The molecule has 0 aliphatic carbocycles. The molecule has 6 nitrogen and oxygen atoms in total.